The fourth-order valence-electron chi connectivity index (χ4n) is 2.71. The third kappa shape index (κ3) is 7.48. The Morgan fingerprint density at radius 2 is 1.76 bits per heavy atom. The fraction of sp³-hybridized carbons (Fsp3) is 0.273. The van der Waals surface area contributed by atoms with Crippen molar-refractivity contribution in [2.75, 3.05) is 13.6 Å². The minimum absolute atomic E-state index is 0.0256. The first-order chi connectivity index (χ1) is 15.6. The molecule has 0 aliphatic heterocycles. The number of phenols is 1. The minimum atomic E-state index is -1.38. The fourth-order valence-corrected chi connectivity index (χ4v) is 2.98. The number of carbonyl (C=O) groups is 4. The zero-order valence-electron chi connectivity index (χ0n) is 18.0. The Balaban J connectivity index is 2.01. The number of carbonyl (C=O) groups excluding carboxylic acids is 3. The summed E-state index contributed by atoms with van der Waals surface area (Å²) in [7, 11) is 1.58. The van der Waals surface area contributed by atoms with Gasteiger partial charge in [0, 0.05) is 18.7 Å². The van der Waals surface area contributed by atoms with E-state index in [9.17, 15) is 29.4 Å². The summed E-state index contributed by atoms with van der Waals surface area (Å²) in [4.78, 5) is 48.2. The van der Waals surface area contributed by atoms with E-state index < -0.39 is 35.8 Å². The van der Waals surface area contributed by atoms with E-state index >= 15 is 0 Å². The number of phenolic OH excluding ortho intramolecular Hbond substituents is 1. The monoisotopic (exact) mass is 476 g/mol. The molecule has 2 rings (SSSR count). The number of hydrogen-bond donors (Lipinski definition) is 6. The Kier molecular flexibility index (Phi) is 9.19. The molecule has 176 valence electrons. The minimum Gasteiger partial charge on any atom is -0.508 e. The van der Waals surface area contributed by atoms with Gasteiger partial charge in [-0.1, -0.05) is 23.7 Å². The molecule has 10 nitrogen and oxygen atoms in total. The number of likely N-dealkylation sites (N-methyl/N-ethyl adjacent to an activating group) is 1. The molecule has 0 aliphatic rings. The number of aliphatic carboxylic acids is 1. The number of benzene rings is 2. The van der Waals surface area contributed by atoms with Gasteiger partial charge in [-0.15, -0.1) is 0 Å². The van der Waals surface area contributed by atoms with Crippen LogP contribution >= 0.6 is 11.6 Å². The van der Waals surface area contributed by atoms with Crippen molar-refractivity contribution in [2.45, 2.75) is 25.6 Å². The van der Waals surface area contributed by atoms with Crippen LogP contribution in [0.1, 0.15) is 33.2 Å². The van der Waals surface area contributed by atoms with Gasteiger partial charge < -0.3 is 31.5 Å². The van der Waals surface area contributed by atoms with Crippen LogP contribution in [0.25, 0.3) is 0 Å². The lowest BCUT2D eigenvalue weighted by Gasteiger charge is -2.17. The lowest BCUT2D eigenvalue weighted by Crippen LogP contribution is -2.51. The van der Waals surface area contributed by atoms with Gasteiger partial charge in [0.15, 0.2) is 0 Å². The Labute approximate surface area is 195 Å². The summed E-state index contributed by atoms with van der Waals surface area (Å²) in [6.07, 6.45) is 0. The van der Waals surface area contributed by atoms with Gasteiger partial charge in [-0.25, -0.2) is 4.79 Å². The summed E-state index contributed by atoms with van der Waals surface area (Å²) in [5.41, 5.74) is 0.864. The van der Waals surface area contributed by atoms with Crippen LogP contribution in [0.2, 0.25) is 5.02 Å². The molecule has 0 radical (unpaired) electrons. The molecule has 0 saturated heterocycles. The maximum Gasteiger partial charge on any atom is 0.328 e. The van der Waals surface area contributed by atoms with Crippen LogP contribution in [-0.2, 0) is 16.1 Å². The van der Waals surface area contributed by atoms with Crippen LogP contribution in [0.5, 0.6) is 5.75 Å². The van der Waals surface area contributed by atoms with Crippen LogP contribution < -0.4 is 21.3 Å². The van der Waals surface area contributed by atoms with Crippen molar-refractivity contribution >= 4 is 35.3 Å². The average Bonchev–Trinajstić information content (AvgIpc) is 2.78. The van der Waals surface area contributed by atoms with Crippen LogP contribution in [0.4, 0.5) is 0 Å². The van der Waals surface area contributed by atoms with Gasteiger partial charge in [0.2, 0.25) is 5.91 Å². The third-order valence-corrected chi connectivity index (χ3v) is 5.06. The zero-order valence-corrected chi connectivity index (χ0v) is 18.8. The Bertz CT molecular complexity index is 1050. The number of hydrogen-bond acceptors (Lipinski definition) is 6. The highest BCUT2D eigenvalue weighted by molar-refractivity contribution is 6.34. The molecule has 2 aromatic rings. The van der Waals surface area contributed by atoms with Gasteiger partial charge in [0.25, 0.3) is 11.8 Å². The predicted octanol–water partition coefficient (Wildman–Crippen LogP) is 0.883. The van der Waals surface area contributed by atoms with Crippen molar-refractivity contribution in [3.8, 4) is 5.75 Å². The largest absolute Gasteiger partial charge is 0.508 e. The number of nitrogens with one attached hydrogen (secondary N) is 4. The summed E-state index contributed by atoms with van der Waals surface area (Å²) >= 11 is 6.16. The number of carboxylic acids is 1. The molecule has 0 aromatic heterocycles. The van der Waals surface area contributed by atoms with E-state index in [4.69, 9.17) is 11.6 Å². The Morgan fingerprint density at radius 1 is 1.03 bits per heavy atom. The number of halogens is 1. The number of amides is 3. The number of carboxylic acid groups (broad SMARTS) is 1. The molecule has 0 spiro atoms. The van der Waals surface area contributed by atoms with E-state index in [0.717, 1.165) is 0 Å². The maximum atomic E-state index is 12.5. The molecule has 0 saturated carbocycles. The van der Waals surface area contributed by atoms with Crippen LogP contribution in [0, 0.1) is 0 Å². The van der Waals surface area contributed by atoms with Crippen LogP contribution in [0.3, 0.4) is 0 Å². The molecular weight excluding hydrogens is 452 g/mol. The summed E-state index contributed by atoms with van der Waals surface area (Å²) in [5.74, 6) is -2.89. The van der Waals surface area contributed by atoms with Crippen LogP contribution in [0.15, 0.2) is 42.5 Å². The second kappa shape index (κ2) is 11.8. The summed E-state index contributed by atoms with van der Waals surface area (Å²) in [6, 6.07) is 8.48. The van der Waals surface area contributed by atoms with Gasteiger partial charge in [0.1, 0.15) is 11.8 Å². The van der Waals surface area contributed by atoms with Crippen molar-refractivity contribution in [3.63, 3.8) is 0 Å². The second-order valence-corrected chi connectivity index (χ2v) is 7.57. The lowest BCUT2D eigenvalue weighted by atomic mass is 10.1. The first-order valence-electron chi connectivity index (χ1n) is 9.96. The highest BCUT2D eigenvalue weighted by Gasteiger charge is 2.24. The van der Waals surface area contributed by atoms with Crippen molar-refractivity contribution in [1.29, 1.82) is 0 Å². The van der Waals surface area contributed by atoms with E-state index in [1.165, 1.54) is 30.3 Å². The first kappa shape index (κ1) is 25.6. The molecular formula is C22H25ClN4O6. The summed E-state index contributed by atoms with van der Waals surface area (Å²) in [6.45, 7) is 1.45. The molecule has 2 atom stereocenters. The topological polar surface area (TPSA) is 157 Å². The quantitative estimate of drug-likeness (QED) is 0.297. The van der Waals surface area contributed by atoms with Crippen molar-refractivity contribution < 1.29 is 29.4 Å². The predicted molar refractivity (Wildman–Crippen MR) is 121 cm³/mol. The van der Waals surface area contributed by atoms with E-state index in [1.807, 2.05) is 0 Å². The normalized spacial score (nSPS) is 12.3. The van der Waals surface area contributed by atoms with E-state index in [-0.39, 0.29) is 35.0 Å². The second-order valence-electron chi connectivity index (χ2n) is 7.17. The average molecular weight is 477 g/mol. The van der Waals surface area contributed by atoms with Gasteiger partial charge >= 0.3 is 5.97 Å². The zero-order chi connectivity index (χ0) is 24.5. The van der Waals surface area contributed by atoms with Crippen molar-refractivity contribution in [3.05, 3.63) is 64.2 Å². The van der Waals surface area contributed by atoms with Crippen molar-refractivity contribution in [1.82, 2.24) is 21.3 Å². The highest BCUT2D eigenvalue weighted by atomic mass is 35.5. The van der Waals surface area contributed by atoms with Gasteiger partial charge in [-0.2, -0.15) is 0 Å². The van der Waals surface area contributed by atoms with Gasteiger partial charge in [-0.05, 0) is 49.9 Å². The molecule has 3 amide bonds. The molecule has 0 unspecified atom stereocenters. The maximum absolute atomic E-state index is 12.5. The van der Waals surface area contributed by atoms with Gasteiger partial charge in [0.05, 0.1) is 16.6 Å². The Morgan fingerprint density at radius 3 is 2.36 bits per heavy atom. The van der Waals surface area contributed by atoms with Crippen LogP contribution in [-0.4, -0.2) is 59.6 Å². The van der Waals surface area contributed by atoms with E-state index in [1.54, 1.807) is 26.1 Å². The first-order valence-corrected chi connectivity index (χ1v) is 10.3. The van der Waals surface area contributed by atoms with E-state index in [0.29, 0.717) is 5.56 Å². The van der Waals surface area contributed by atoms with E-state index in [2.05, 4.69) is 21.3 Å². The Hall–Kier alpha value is -3.63. The molecule has 0 aliphatic carbocycles. The van der Waals surface area contributed by atoms with Gasteiger partial charge in [-0.3, -0.25) is 14.4 Å². The molecule has 2 aromatic carbocycles. The van der Waals surface area contributed by atoms with Crippen molar-refractivity contribution in [2.24, 2.45) is 0 Å². The highest BCUT2D eigenvalue weighted by Crippen LogP contribution is 2.18. The third-order valence-electron chi connectivity index (χ3n) is 4.75. The summed E-state index contributed by atoms with van der Waals surface area (Å²) < 4.78 is 0. The number of rotatable bonds is 10. The smallest absolute Gasteiger partial charge is 0.328 e. The molecule has 6 N–H and O–H groups in total. The summed E-state index contributed by atoms with van der Waals surface area (Å²) in [5, 5.41) is 28.9. The molecule has 33 heavy (non-hydrogen) atoms. The lowest BCUT2D eigenvalue weighted by molar-refractivity contribution is -0.139. The molecule has 0 bridgehead atoms. The molecule has 11 heteroatoms. The number of aromatic hydroxyl groups is 1. The standard InChI is InChI=1S/C22H25ClN4O6/c1-12(24-2)19(29)26-11-18(22(32)33)27-21(31)16-7-6-14(9-17(16)23)20(30)25-10-13-4-3-5-15(28)8-13/h3-9,12,18,24,28H,10-11H2,1-2H3,(H,25,30)(H,26,29)(H,27,31)(H,32,33)/t12-,18-/m0/s1. The molecule has 0 fully saturated rings. The SMILES string of the molecule is CN[C@@H](C)C(=O)NC[C@H](NC(=O)c1ccc(C(=O)NCc2cccc(O)c2)cc1Cl)C(=O)O. The molecule has 0 heterocycles.